The molecule has 4 heteroatoms. The van der Waals surface area contributed by atoms with Crippen molar-refractivity contribution in [3.05, 3.63) is 34.4 Å². The first-order valence-corrected chi connectivity index (χ1v) is 5.99. The Morgan fingerprint density at radius 2 is 0.722 bits per heavy atom. The number of benzene rings is 1. The number of halogens is 4. The molecule has 18 heavy (non-hydrogen) atoms. The third-order valence-corrected chi connectivity index (χ3v) is 3.00. The number of hydrogen-bond acceptors (Lipinski definition) is 0. The maximum absolute atomic E-state index is 13.4. The van der Waals surface area contributed by atoms with Gasteiger partial charge < -0.3 is 0 Å². The Morgan fingerprint density at radius 3 is 0.833 bits per heavy atom. The molecule has 0 heterocycles. The molecular weight excluding hydrogens is 244 g/mol. The molecule has 0 spiro atoms. The van der Waals surface area contributed by atoms with E-state index in [2.05, 4.69) is 0 Å². The van der Waals surface area contributed by atoms with Gasteiger partial charge in [-0.2, -0.15) is 0 Å². The van der Waals surface area contributed by atoms with E-state index < -0.39 is 24.7 Å². The van der Waals surface area contributed by atoms with Crippen molar-refractivity contribution in [1.82, 2.24) is 0 Å². The zero-order valence-electron chi connectivity index (χ0n) is 11.0. The second-order valence-corrected chi connectivity index (χ2v) is 4.57. The molecule has 1 aromatic carbocycles. The molecule has 0 saturated heterocycles. The lowest BCUT2D eigenvalue weighted by Crippen LogP contribution is -2.05. The van der Waals surface area contributed by atoms with Crippen LogP contribution < -0.4 is 0 Å². The van der Waals surface area contributed by atoms with Gasteiger partial charge in [0.2, 0.25) is 0 Å². The van der Waals surface area contributed by atoms with E-state index in [1.165, 1.54) is 39.8 Å². The smallest absolute Gasteiger partial charge is 0.123 e. The Kier molecular flexibility index (Phi) is 4.77. The van der Waals surface area contributed by atoms with Crippen molar-refractivity contribution in [3.63, 3.8) is 0 Å². The van der Waals surface area contributed by atoms with E-state index in [1.807, 2.05) is 0 Å². The molecule has 0 radical (unpaired) electrons. The first-order chi connectivity index (χ1) is 8.25. The fourth-order valence-corrected chi connectivity index (χ4v) is 2.05. The fraction of sp³-hybridized carbons (Fsp3) is 0.571. The van der Waals surface area contributed by atoms with E-state index in [1.54, 1.807) is 0 Å². The van der Waals surface area contributed by atoms with Gasteiger partial charge >= 0.3 is 0 Å². The van der Waals surface area contributed by atoms with Crippen LogP contribution in [0.5, 0.6) is 0 Å². The third-order valence-electron chi connectivity index (χ3n) is 3.00. The average molecular weight is 262 g/mol. The SMILES string of the molecule is CC(F)c1cc(C(C)F)c(C(C)F)cc1C(C)F. The van der Waals surface area contributed by atoms with Crippen molar-refractivity contribution in [2.75, 3.05) is 0 Å². The van der Waals surface area contributed by atoms with Crippen molar-refractivity contribution in [2.45, 2.75) is 52.4 Å². The molecule has 0 nitrogen and oxygen atoms in total. The highest BCUT2D eigenvalue weighted by Gasteiger charge is 2.22. The Hall–Kier alpha value is -1.06. The molecular formula is C14H18F4. The summed E-state index contributed by atoms with van der Waals surface area (Å²) in [5, 5.41) is 0. The van der Waals surface area contributed by atoms with Crippen LogP contribution in [0.15, 0.2) is 12.1 Å². The fourth-order valence-electron chi connectivity index (χ4n) is 2.05. The van der Waals surface area contributed by atoms with Crippen molar-refractivity contribution < 1.29 is 17.6 Å². The second-order valence-electron chi connectivity index (χ2n) is 4.57. The van der Waals surface area contributed by atoms with Gasteiger partial charge in [-0.15, -0.1) is 0 Å². The zero-order valence-corrected chi connectivity index (χ0v) is 11.0. The monoisotopic (exact) mass is 262 g/mol. The summed E-state index contributed by atoms with van der Waals surface area (Å²) in [6.07, 6.45) is -5.67. The van der Waals surface area contributed by atoms with Gasteiger partial charge in [-0.3, -0.25) is 0 Å². The van der Waals surface area contributed by atoms with Gasteiger partial charge in [0.15, 0.2) is 0 Å². The normalized spacial score (nSPS) is 18.2. The molecule has 1 aromatic rings. The van der Waals surface area contributed by atoms with E-state index >= 15 is 0 Å². The molecule has 4 atom stereocenters. The quantitative estimate of drug-likeness (QED) is 0.601. The van der Waals surface area contributed by atoms with Crippen LogP contribution in [0.25, 0.3) is 0 Å². The van der Waals surface area contributed by atoms with Gasteiger partial charge in [0, 0.05) is 0 Å². The number of rotatable bonds is 4. The van der Waals surface area contributed by atoms with Crippen molar-refractivity contribution in [3.8, 4) is 0 Å². The van der Waals surface area contributed by atoms with Gasteiger partial charge in [0.25, 0.3) is 0 Å². The molecule has 0 N–H and O–H groups in total. The van der Waals surface area contributed by atoms with Crippen LogP contribution in [-0.2, 0) is 0 Å². The first-order valence-electron chi connectivity index (χ1n) is 5.99. The summed E-state index contributed by atoms with van der Waals surface area (Å²) in [5.74, 6) is 0. The largest absolute Gasteiger partial charge is 0.243 e. The Balaban J connectivity index is 3.50. The number of alkyl halides is 4. The lowest BCUT2D eigenvalue weighted by Gasteiger charge is -2.19. The van der Waals surface area contributed by atoms with E-state index in [-0.39, 0.29) is 22.3 Å². The molecule has 0 aliphatic carbocycles. The molecule has 0 saturated carbocycles. The highest BCUT2D eigenvalue weighted by Crippen LogP contribution is 2.36. The molecule has 0 aliphatic heterocycles. The van der Waals surface area contributed by atoms with Crippen LogP contribution in [0.2, 0.25) is 0 Å². The predicted molar refractivity (Wildman–Crippen MR) is 64.5 cm³/mol. The van der Waals surface area contributed by atoms with Crippen molar-refractivity contribution in [1.29, 1.82) is 0 Å². The van der Waals surface area contributed by atoms with Crippen LogP contribution in [0.1, 0.15) is 74.6 Å². The van der Waals surface area contributed by atoms with E-state index in [0.717, 1.165) is 0 Å². The summed E-state index contributed by atoms with van der Waals surface area (Å²) < 4.78 is 53.8. The molecule has 4 unspecified atom stereocenters. The molecule has 1 rings (SSSR count). The standard InChI is InChI=1S/C14H18F4/c1-7(15)11-5-13(9(3)17)14(10(4)18)6-12(11)8(2)16/h5-10H,1-4H3. The highest BCUT2D eigenvalue weighted by molar-refractivity contribution is 5.42. The summed E-state index contributed by atoms with van der Waals surface area (Å²) in [7, 11) is 0. The zero-order chi connectivity index (χ0) is 14.0. The molecule has 0 aliphatic rings. The second kappa shape index (κ2) is 5.72. The molecule has 0 fully saturated rings. The molecule has 0 amide bonds. The maximum atomic E-state index is 13.4. The van der Waals surface area contributed by atoms with Crippen LogP contribution in [0, 0.1) is 0 Å². The minimum atomic E-state index is -1.42. The van der Waals surface area contributed by atoms with Crippen LogP contribution >= 0.6 is 0 Å². The molecule has 0 aromatic heterocycles. The Morgan fingerprint density at radius 1 is 0.556 bits per heavy atom. The summed E-state index contributed by atoms with van der Waals surface area (Å²) >= 11 is 0. The molecule has 102 valence electrons. The van der Waals surface area contributed by atoms with E-state index in [4.69, 9.17) is 0 Å². The summed E-state index contributed by atoms with van der Waals surface area (Å²) in [4.78, 5) is 0. The lowest BCUT2D eigenvalue weighted by atomic mass is 9.91. The van der Waals surface area contributed by atoms with E-state index in [9.17, 15) is 17.6 Å². The highest BCUT2D eigenvalue weighted by atomic mass is 19.1. The van der Waals surface area contributed by atoms with Crippen LogP contribution in [0.3, 0.4) is 0 Å². The van der Waals surface area contributed by atoms with Gasteiger partial charge in [0.05, 0.1) is 0 Å². The third kappa shape index (κ3) is 3.03. The minimum absolute atomic E-state index is 0.0916. The predicted octanol–water partition coefficient (Wildman–Crippen LogP) is 5.81. The van der Waals surface area contributed by atoms with Crippen molar-refractivity contribution in [2.24, 2.45) is 0 Å². The Labute approximate surface area is 105 Å². The summed E-state index contributed by atoms with van der Waals surface area (Å²) in [6.45, 7) is 5.03. The first kappa shape index (κ1) is 15.0. The van der Waals surface area contributed by atoms with Crippen LogP contribution in [0.4, 0.5) is 17.6 Å². The van der Waals surface area contributed by atoms with Crippen molar-refractivity contribution >= 4 is 0 Å². The lowest BCUT2D eigenvalue weighted by molar-refractivity contribution is 0.326. The average Bonchev–Trinajstić information content (AvgIpc) is 2.26. The topological polar surface area (TPSA) is 0 Å². The van der Waals surface area contributed by atoms with Gasteiger partial charge in [-0.1, -0.05) is 0 Å². The summed E-state index contributed by atoms with van der Waals surface area (Å²) in [6, 6.07) is 2.48. The Bertz CT molecular complexity index is 334. The van der Waals surface area contributed by atoms with Gasteiger partial charge in [-0.25, -0.2) is 17.6 Å². The van der Waals surface area contributed by atoms with Crippen LogP contribution in [-0.4, -0.2) is 0 Å². The molecule has 0 bridgehead atoms. The maximum Gasteiger partial charge on any atom is 0.123 e. The van der Waals surface area contributed by atoms with Gasteiger partial charge in [0.1, 0.15) is 24.7 Å². The minimum Gasteiger partial charge on any atom is -0.243 e. The van der Waals surface area contributed by atoms with E-state index in [0.29, 0.717) is 0 Å². The van der Waals surface area contributed by atoms with Gasteiger partial charge in [-0.05, 0) is 62.1 Å². The summed E-state index contributed by atoms with van der Waals surface area (Å²) in [5.41, 5.74) is 0.366. The number of hydrogen-bond donors (Lipinski definition) is 0.